The number of alkyl halides is 3. The van der Waals surface area contributed by atoms with E-state index in [9.17, 15) is 26.4 Å². The highest BCUT2D eigenvalue weighted by molar-refractivity contribution is 7.90. The molecule has 0 fully saturated rings. The first-order valence-corrected chi connectivity index (χ1v) is 12.3. The fourth-order valence-corrected chi connectivity index (χ4v) is 4.51. The van der Waals surface area contributed by atoms with Gasteiger partial charge in [0, 0.05) is 17.8 Å². The van der Waals surface area contributed by atoms with Crippen LogP contribution in [0.5, 0.6) is 5.75 Å². The Morgan fingerprint density at radius 3 is 2.34 bits per heavy atom. The number of nitrogens with zero attached hydrogens (tertiary/aromatic N) is 1. The van der Waals surface area contributed by atoms with Crippen LogP contribution in [-0.2, 0) is 16.0 Å². The van der Waals surface area contributed by atoms with Crippen LogP contribution < -0.4 is 4.74 Å². The molecule has 1 heterocycles. The Labute approximate surface area is 200 Å². The maximum absolute atomic E-state index is 13.5. The third-order valence-electron chi connectivity index (χ3n) is 5.58. The summed E-state index contributed by atoms with van der Waals surface area (Å²) in [4.78, 5) is 16.9. The van der Waals surface area contributed by atoms with Gasteiger partial charge in [0.05, 0.1) is 21.5 Å². The number of para-hydroxylation sites is 1. The summed E-state index contributed by atoms with van der Waals surface area (Å²) in [6, 6.07) is 14.5. The fourth-order valence-electron chi connectivity index (χ4n) is 3.86. The molecule has 0 radical (unpaired) electrons. The summed E-state index contributed by atoms with van der Waals surface area (Å²) >= 11 is 0. The van der Waals surface area contributed by atoms with E-state index in [-0.39, 0.29) is 21.7 Å². The van der Waals surface area contributed by atoms with Crippen LogP contribution in [-0.4, -0.2) is 25.6 Å². The summed E-state index contributed by atoms with van der Waals surface area (Å²) < 4.78 is 69.8. The molecule has 4 rings (SSSR count). The lowest BCUT2D eigenvalue weighted by atomic mass is 9.95. The van der Waals surface area contributed by atoms with Gasteiger partial charge in [-0.1, -0.05) is 30.3 Å². The van der Waals surface area contributed by atoms with Crippen molar-refractivity contribution in [1.29, 1.82) is 0 Å². The molecule has 0 atom stereocenters. The molecule has 0 amide bonds. The standard InChI is InChI=1S/C26H20F3NO4S/c1-15-10-11-19(35(3,32)33)13-21(15)25(31)34-18-7-4-6-17(12-18)23-16(2)14-30-24-20(23)8-5-9-22(24)26(27,28)29/h4-14H,1-3H3. The Hall–Kier alpha value is -3.72. The molecule has 3 aromatic carbocycles. The number of carbonyl (C=O) groups is 1. The quantitative estimate of drug-likeness (QED) is 0.248. The molecule has 0 saturated carbocycles. The molecule has 0 bridgehead atoms. The molecule has 1 aromatic heterocycles. The second kappa shape index (κ2) is 8.81. The number of aryl methyl sites for hydroxylation is 2. The summed E-state index contributed by atoms with van der Waals surface area (Å²) in [5.74, 6) is -0.589. The average molecular weight is 500 g/mol. The number of halogens is 3. The molecule has 0 spiro atoms. The Bertz CT molecular complexity index is 1580. The normalized spacial score (nSPS) is 12.1. The average Bonchev–Trinajstić information content (AvgIpc) is 2.77. The van der Waals surface area contributed by atoms with E-state index >= 15 is 0 Å². The number of carbonyl (C=O) groups excluding carboxylic acids is 1. The van der Waals surface area contributed by atoms with E-state index in [2.05, 4.69) is 4.98 Å². The molecule has 9 heteroatoms. The summed E-state index contributed by atoms with van der Waals surface area (Å²) in [7, 11) is -3.52. The van der Waals surface area contributed by atoms with Gasteiger partial charge in [0.2, 0.25) is 0 Å². The maximum Gasteiger partial charge on any atom is 0.418 e. The van der Waals surface area contributed by atoms with Crippen molar-refractivity contribution in [3.05, 3.63) is 89.1 Å². The van der Waals surface area contributed by atoms with E-state index in [1.54, 1.807) is 38.1 Å². The number of esters is 1. The number of fused-ring (bicyclic) bond motifs is 1. The van der Waals surface area contributed by atoms with E-state index in [1.807, 2.05) is 0 Å². The second-order valence-corrected chi connectivity index (χ2v) is 10.2. The summed E-state index contributed by atoms with van der Waals surface area (Å²) in [5.41, 5.74) is 1.36. The number of sulfone groups is 1. The molecule has 0 unspecified atom stereocenters. The van der Waals surface area contributed by atoms with Crippen molar-refractivity contribution in [2.75, 3.05) is 6.26 Å². The van der Waals surface area contributed by atoms with Crippen molar-refractivity contribution >= 4 is 26.7 Å². The lowest BCUT2D eigenvalue weighted by Crippen LogP contribution is -2.11. The van der Waals surface area contributed by atoms with Crippen molar-refractivity contribution in [3.8, 4) is 16.9 Å². The van der Waals surface area contributed by atoms with Crippen molar-refractivity contribution in [2.45, 2.75) is 24.9 Å². The largest absolute Gasteiger partial charge is 0.423 e. The first kappa shape index (κ1) is 24.4. The monoisotopic (exact) mass is 499 g/mol. The molecule has 35 heavy (non-hydrogen) atoms. The number of pyridine rings is 1. The number of hydrogen-bond donors (Lipinski definition) is 0. The van der Waals surface area contributed by atoms with Crippen LogP contribution in [0, 0.1) is 13.8 Å². The van der Waals surface area contributed by atoms with Crippen LogP contribution in [0.1, 0.15) is 27.0 Å². The van der Waals surface area contributed by atoms with Crippen LogP contribution >= 0.6 is 0 Å². The van der Waals surface area contributed by atoms with Crippen LogP contribution in [0.3, 0.4) is 0 Å². The summed E-state index contributed by atoms with van der Waals surface area (Å²) in [5, 5.41) is 0.319. The third-order valence-corrected chi connectivity index (χ3v) is 6.69. The Balaban J connectivity index is 1.76. The van der Waals surface area contributed by atoms with E-state index in [4.69, 9.17) is 4.74 Å². The number of ether oxygens (including phenoxy) is 1. The molecule has 5 nitrogen and oxygen atoms in total. The topological polar surface area (TPSA) is 73.3 Å². The maximum atomic E-state index is 13.5. The van der Waals surface area contributed by atoms with E-state index in [0.29, 0.717) is 27.6 Å². The van der Waals surface area contributed by atoms with E-state index in [1.165, 1.54) is 36.5 Å². The van der Waals surface area contributed by atoms with Gasteiger partial charge in [0.25, 0.3) is 0 Å². The smallest absolute Gasteiger partial charge is 0.418 e. The summed E-state index contributed by atoms with van der Waals surface area (Å²) in [6.07, 6.45) is -2.14. The van der Waals surface area contributed by atoms with Crippen molar-refractivity contribution in [3.63, 3.8) is 0 Å². The molecule has 0 N–H and O–H groups in total. The summed E-state index contributed by atoms with van der Waals surface area (Å²) in [6.45, 7) is 3.39. The number of benzene rings is 3. The fraction of sp³-hybridized carbons (Fsp3) is 0.154. The molecule has 180 valence electrons. The minimum Gasteiger partial charge on any atom is -0.423 e. The molecule has 0 aliphatic carbocycles. The van der Waals surface area contributed by atoms with Gasteiger partial charge in [-0.15, -0.1) is 0 Å². The van der Waals surface area contributed by atoms with Crippen molar-refractivity contribution < 1.29 is 31.1 Å². The van der Waals surface area contributed by atoms with Gasteiger partial charge in [-0.3, -0.25) is 4.98 Å². The van der Waals surface area contributed by atoms with Gasteiger partial charge in [0.15, 0.2) is 9.84 Å². The third kappa shape index (κ3) is 4.90. The van der Waals surface area contributed by atoms with Crippen molar-refractivity contribution in [2.24, 2.45) is 0 Å². The van der Waals surface area contributed by atoms with E-state index in [0.717, 1.165) is 12.3 Å². The highest BCUT2D eigenvalue weighted by Crippen LogP contribution is 2.38. The van der Waals surface area contributed by atoms with Gasteiger partial charge >= 0.3 is 12.1 Å². The number of rotatable bonds is 4. The van der Waals surface area contributed by atoms with Gasteiger partial charge in [-0.25, -0.2) is 13.2 Å². The van der Waals surface area contributed by atoms with Gasteiger partial charge in [-0.05, 0) is 66.4 Å². The minimum absolute atomic E-state index is 0.0110. The first-order chi connectivity index (χ1) is 16.4. The Morgan fingerprint density at radius 2 is 1.66 bits per heavy atom. The van der Waals surface area contributed by atoms with Crippen LogP contribution in [0.2, 0.25) is 0 Å². The molecular formula is C26H20F3NO4S. The van der Waals surface area contributed by atoms with Crippen LogP contribution in [0.25, 0.3) is 22.0 Å². The number of hydrogen-bond acceptors (Lipinski definition) is 5. The van der Waals surface area contributed by atoms with Gasteiger partial charge < -0.3 is 4.74 Å². The van der Waals surface area contributed by atoms with E-state index < -0.39 is 27.5 Å². The predicted octanol–water partition coefficient (Wildman–Crippen LogP) is 6.16. The molecule has 0 aliphatic rings. The molecule has 0 saturated heterocycles. The lowest BCUT2D eigenvalue weighted by Gasteiger charge is -2.15. The highest BCUT2D eigenvalue weighted by Gasteiger charge is 2.33. The zero-order valence-electron chi connectivity index (χ0n) is 19.0. The van der Waals surface area contributed by atoms with Crippen LogP contribution in [0.15, 0.2) is 71.8 Å². The Morgan fingerprint density at radius 1 is 0.943 bits per heavy atom. The lowest BCUT2D eigenvalue weighted by molar-refractivity contribution is -0.136. The van der Waals surface area contributed by atoms with Gasteiger partial charge in [0.1, 0.15) is 5.75 Å². The zero-order valence-corrected chi connectivity index (χ0v) is 19.8. The highest BCUT2D eigenvalue weighted by atomic mass is 32.2. The predicted molar refractivity (Wildman–Crippen MR) is 126 cm³/mol. The SMILES string of the molecule is Cc1ccc(S(C)(=O)=O)cc1C(=O)Oc1cccc(-c2c(C)cnc3c(C(F)(F)F)cccc23)c1. The first-order valence-electron chi connectivity index (χ1n) is 10.4. The molecule has 0 aliphatic heterocycles. The molecular weight excluding hydrogens is 479 g/mol. The number of aromatic nitrogens is 1. The van der Waals surface area contributed by atoms with Gasteiger partial charge in [-0.2, -0.15) is 13.2 Å². The molecule has 4 aromatic rings. The Kier molecular flexibility index (Phi) is 6.14. The van der Waals surface area contributed by atoms with Crippen molar-refractivity contribution in [1.82, 2.24) is 4.98 Å². The van der Waals surface area contributed by atoms with Crippen LogP contribution in [0.4, 0.5) is 13.2 Å². The zero-order chi connectivity index (χ0) is 25.5. The minimum atomic E-state index is -4.56. The second-order valence-electron chi connectivity index (χ2n) is 8.18.